The van der Waals surface area contributed by atoms with Gasteiger partial charge in [-0.05, 0) is 43.9 Å². The Labute approximate surface area is 113 Å². The summed E-state index contributed by atoms with van der Waals surface area (Å²) in [7, 11) is 0. The van der Waals surface area contributed by atoms with Gasteiger partial charge in [-0.1, -0.05) is 12.1 Å². The van der Waals surface area contributed by atoms with Crippen LogP contribution < -0.4 is 4.90 Å². The topological polar surface area (TPSA) is 64.3 Å². The lowest BCUT2D eigenvalue weighted by Gasteiger charge is -2.36. The molecule has 0 bridgehead atoms. The highest BCUT2D eigenvalue weighted by Crippen LogP contribution is 2.34. The maximum atomic E-state index is 11.2. The maximum Gasteiger partial charge on any atom is 0.324 e. The van der Waals surface area contributed by atoms with Gasteiger partial charge in [-0.25, -0.2) is 0 Å². The molecule has 0 aliphatic carbocycles. The molecule has 1 aliphatic heterocycles. The third-order valence-corrected chi connectivity index (χ3v) is 4.16. The quantitative estimate of drug-likeness (QED) is 0.885. The molecule has 1 fully saturated rings. The van der Waals surface area contributed by atoms with Gasteiger partial charge in [0.15, 0.2) is 5.41 Å². The molecule has 4 nitrogen and oxygen atoms in total. The summed E-state index contributed by atoms with van der Waals surface area (Å²) >= 11 is 0. The van der Waals surface area contributed by atoms with Crippen LogP contribution in [0.4, 0.5) is 5.69 Å². The number of benzene rings is 1. The molecular weight excluding hydrogens is 240 g/mol. The lowest BCUT2D eigenvalue weighted by molar-refractivity contribution is -0.146. The van der Waals surface area contributed by atoms with E-state index in [0.29, 0.717) is 25.9 Å². The number of hydrogen-bond acceptors (Lipinski definition) is 3. The fourth-order valence-corrected chi connectivity index (χ4v) is 2.58. The van der Waals surface area contributed by atoms with E-state index in [-0.39, 0.29) is 0 Å². The third-order valence-electron chi connectivity index (χ3n) is 4.16. The first-order chi connectivity index (χ1) is 9.00. The summed E-state index contributed by atoms with van der Waals surface area (Å²) in [6.45, 7) is 5.38. The first kappa shape index (κ1) is 13.4. The Morgan fingerprint density at radius 2 is 2.00 bits per heavy atom. The van der Waals surface area contributed by atoms with Gasteiger partial charge in [-0.15, -0.1) is 0 Å². The predicted octanol–water partition coefficient (Wildman–Crippen LogP) is 2.50. The SMILES string of the molecule is Cc1cccc(N2CCC(C#N)(C(=O)O)CC2)c1C. The van der Waals surface area contributed by atoms with Crippen LogP contribution in [-0.4, -0.2) is 24.2 Å². The second kappa shape index (κ2) is 4.93. The maximum absolute atomic E-state index is 11.2. The van der Waals surface area contributed by atoms with Crippen LogP contribution in [0.1, 0.15) is 24.0 Å². The van der Waals surface area contributed by atoms with Crippen molar-refractivity contribution in [1.29, 1.82) is 5.26 Å². The summed E-state index contributed by atoms with van der Waals surface area (Å²) in [6, 6.07) is 8.13. The van der Waals surface area contributed by atoms with Crippen LogP contribution >= 0.6 is 0 Å². The van der Waals surface area contributed by atoms with E-state index in [4.69, 9.17) is 5.26 Å². The predicted molar refractivity (Wildman–Crippen MR) is 73.0 cm³/mol. The molecule has 4 heteroatoms. The van der Waals surface area contributed by atoms with Crippen molar-refractivity contribution in [3.63, 3.8) is 0 Å². The molecule has 100 valence electrons. The highest BCUT2D eigenvalue weighted by Gasteiger charge is 2.42. The molecule has 1 heterocycles. The van der Waals surface area contributed by atoms with Gasteiger partial charge in [0, 0.05) is 18.8 Å². The Morgan fingerprint density at radius 1 is 1.37 bits per heavy atom. The van der Waals surface area contributed by atoms with E-state index in [1.54, 1.807) is 0 Å². The van der Waals surface area contributed by atoms with E-state index in [1.165, 1.54) is 11.1 Å². The number of anilines is 1. The lowest BCUT2D eigenvalue weighted by Crippen LogP contribution is -2.43. The van der Waals surface area contributed by atoms with Gasteiger partial charge in [0.25, 0.3) is 0 Å². The van der Waals surface area contributed by atoms with Crippen LogP contribution in [0.25, 0.3) is 0 Å². The standard InChI is InChI=1S/C15H18N2O2/c1-11-4-3-5-13(12(11)2)17-8-6-15(10-16,7-9-17)14(18)19/h3-5H,6-9H2,1-2H3,(H,18,19). The normalized spacial score (nSPS) is 17.8. The average Bonchev–Trinajstić information content (AvgIpc) is 2.42. The summed E-state index contributed by atoms with van der Waals surface area (Å²) in [6.07, 6.45) is 0.762. The number of nitrogens with zero attached hydrogens (tertiary/aromatic N) is 2. The molecule has 1 saturated heterocycles. The van der Waals surface area contributed by atoms with Crippen LogP contribution in [0.15, 0.2) is 18.2 Å². The molecule has 1 aromatic rings. The molecule has 0 amide bonds. The Bertz CT molecular complexity index is 538. The van der Waals surface area contributed by atoms with Crippen molar-refractivity contribution in [1.82, 2.24) is 0 Å². The summed E-state index contributed by atoms with van der Waals surface area (Å²) in [5.41, 5.74) is 2.40. The molecule has 1 N–H and O–H groups in total. The second-order valence-electron chi connectivity index (χ2n) is 5.21. The molecule has 0 saturated carbocycles. The Kier molecular flexibility index (Phi) is 3.48. The average molecular weight is 258 g/mol. The first-order valence-corrected chi connectivity index (χ1v) is 6.46. The highest BCUT2D eigenvalue weighted by atomic mass is 16.4. The van der Waals surface area contributed by atoms with Gasteiger partial charge in [0.1, 0.15) is 0 Å². The van der Waals surface area contributed by atoms with Crippen LogP contribution in [-0.2, 0) is 4.79 Å². The zero-order valence-corrected chi connectivity index (χ0v) is 11.3. The fourth-order valence-electron chi connectivity index (χ4n) is 2.58. The summed E-state index contributed by atoms with van der Waals surface area (Å²) < 4.78 is 0. The van der Waals surface area contributed by atoms with Crippen molar-refractivity contribution in [2.75, 3.05) is 18.0 Å². The number of carboxylic acids is 1. The van der Waals surface area contributed by atoms with E-state index < -0.39 is 11.4 Å². The molecular formula is C15H18N2O2. The van der Waals surface area contributed by atoms with Crippen LogP contribution in [0.3, 0.4) is 0 Å². The van der Waals surface area contributed by atoms with Crippen molar-refractivity contribution >= 4 is 11.7 Å². The minimum atomic E-state index is -1.20. The highest BCUT2D eigenvalue weighted by molar-refractivity contribution is 5.78. The zero-order chi connectivity index (χ0) is 14.0. The third kappa shape index (κ3) is 2.28. The van der Waals surface area contributed by atoms with Crippen molar-refractivity contribution in [3.8, 4) is 6.07 Å². The van der Waals surface area contributed by atoms with Crippen LogP contribution in [0, 0.1) is 30.6 Å². The largest absolute Gasteiger partial charge is 0.480 e. The van der Waals surface area contributed by atoms with Crippen molar-refractivity contribution in [2.45, 2.75) is 26.7 Å². The first-order valence-electron chi connectivity index (χ1n) is 6.46. The zero-order valence-electron chi connectivity index (χ0n) is 11.3. The van der Waals surface area contributed by atoms with E-state index >= 15 is 0 Å². The minimum absolute atomic E-state index is 0.381. The Hall–Kier alpha value is -2.02. The molecule has 19 heavy (non-hydrogen) atoms. The van der Waals surface area contributed by atoms with Crippen molar-refractivity contribution < 1.29 is 9.90 Å². The van der Waals surface area contributed by atoms with Gasteiger partial charge >= 0.3 is 5.97 Å². The smallest absolute Gasteiger partial charge is 0.324 e. The van der Waals surface area contributed by atoms with Gasteiger partial charge in [-0.2, -0.15) is 5.26 Å². The number of carbonyl (C=O) groups is 1. The monoisotopic (exact) mass is 258 g/mol. The number of nitriles is 1. The Morgan fingerprint density at radius 3 is 2.53 bits per heavy atom. The van der Waals surface area contributed by atoms with Crippen LogP contribution in [0.5, 0.6) is 0 Å². The molecule has 1 aliphatic rings. The van der Waals surface area contributed by atoms with E-state index in [9.17, 15) is 9.90 Å². The number of aryl methyl sites for hydroxylation is 1. The summed E-state index contributed by atoms with van der Waals surface area (Å²) in [5, 5.41) is 18.3. The van der Waals surface area contributed by atoms with E-state index in [0.717, 1.165) is 5.69 Å². The molecule has 0 unspecified atom stereocenters. The second-order valence-corrected chi connectivity index (χ2v) is 5.21. The lowest BCUT2D eigenvalue weighted by atomic mass is 9.79. The van der Waals surface area contributed by atoms with E-state index in [2.05, 4.69) is 30.9 Å². The number of hydrogen-bond donors (Lipinski definition) is 1. The molecule has 0 atom stereocenters. The van der Waals surface area contributed by atoms with Gasteiger partial charge in [0.2, 0.25) is 0 Å². The van der Waals surface area contributed by atoms with Crippen molar-refractivity contribution in [2.24, 2.45) is 5.41 Å². The van der Waals surface area contributed by atoms with Crippen LogP contribution in [0.2, 0.25) is 0 Å². The van der Waals surface area contributed by atoms with E-state index in [1.807, 2.05) is 12.1 Å². The molecule has 1 aromatic carbocycles. The Balaban J connectivity index is 2.19. The number of piperidine rings is 1. The summed E-state index contributed by atoms with van der Waals surface area (Å²) in [4.78, 5) is 13.4. The molecule has 2 rings (SSSR count). The number of rotatable bonds is 2. The van der Waals surface area contributed by atoms with Gasteiger partial charge < -0.3 is 10.0 Å². The molecule has 0 aromatic heterocycles. The van der Waals surface area contributed by atoms with Gasteiger partial charge in [-0.3, -0.25) is 4.79 Å². The van der Waals surface area contributed by atoms with Gasteiger partial charge in [0.05, 0.1) is 6.07 Å². The van der Waals surface area contributed by atoms with Crippen molar-refractivity contribution in [3.05, 3.63) is 29.3 Å². The molecule has 0 radical (unpaired) electrons. The number of aliphatic carboxylic acids is 1. The minimum Gasteiger partial charge on any atom is -0.480 e. The fraction of sp³-hybridized carbons (Fsp3) is 0.467. The number of carboxylic acid groups (broad SMARTS) is 1. The summed E-state index contributed by atoms with van der Waals surface area (Å²) in [5.74, 6) is -0.990. The molecule has 0 spiro atoms.